The minimum Gasteiger partial charge on any atom is -0.449 e. The van der Waals surface area contributed by atoms with Gasteiger partial charge in [0.2, 0.25) is 0 Å². The lowest BCUT2D eigenvalue weighted by molar-refractivity contribution is -0.123. The molecule has 0 aliphatic carbocycles. The average Bonchev–Trinajstić information content (AvgIpc) is 2.53. The summed E-state index contributed by atoms with van der Waals surface area (Å²) < 4.78 is 17.9. The maximum atomic E-state index is 12.8. The second kappa shape index (κ2) is 7.83. The molecule has 4 nitrogen and oxygen atoms in total. The van der Waals surface area contributed by atoms with Crippen LogP contribution in [0.3, 0.4) is 0 Å². The van der Waals surface area contributed by atoms with Crippen LogP contribution in [-0.2, 0) is 9.53 Å². The molecule has 126 valence electrons. The second-order valence-electron chi connectivity index (χ2n) is 4.79. The molecule has 2 rings (SSSR count). The van der Waals surface area contributed by atoms with Crippen molar-refractivity contribution in [3.05, 3.63) is 62.8 Å². The van der Waals surface area contributed by atoms with Crippen LogP contribution < -0.4 is 5.32 Å². The van der Waals surface area contributed by atoms with Crippen LogP contribution >= 0.6 is 34.8 Å². The zero-order valence-electron chi connectivity index (χ0n) is 12.3. The second-order valence-corrected chi connectivity index (χ2v) is 6.01. The van der Waals surface area contributed by atoms with E-state index < -0.39 is 23.8 Å². The first-order chi connectivity index (χ1) is 11.3. The molecule has 8 heteroatoms. The van der Waals surface area contributed by atoms with E-state index in [-0.39, 0.29) is 26.3 Å². The van der Waals surface area contributed by atoms with Crippen molar-refractivity contribution >= 4 is 52.4 Å². The molecule has 1 amide bonds. The molecule has 0 spiro atoms. The highest BCUT2D eigenvalue weighted by Crippen LogP contribution is 2.32. The first-order valence-electron chi connectivity index (χ1n) is 6.70. The van der Waals surface area contributed by atoms with Gasteiger partial charge in [-0.1, -0.05) is 34.8 Å². The van der Waals surface area contributed by atoms with Crippen LogP contribution in [0.1, 0.15) is 17.3 Å². The molecule has 1 unspecified atom stereocenters. The lowest BCUT2D eigenvalue weighted by atomic mass is 10.2. The third-order valence-corrected chi connectivity index (χ3v) is 4.04. The van der Waals surface area contributed by atoms with E-state index in [0.717, 1.165) is 12.1 Å². The van der Waals surface area contributed by atoms with Crippen LogP contribution in [0.2, 0.25) is 15.1 Å². The maximum Gasteiger partial charge on any atom is 0.338 e. The Morgan fingerprint density at radius 2 is 1.62 bits per heavy atom. The predicted molar refractivity (Wildman–Crippen MR) is 91.4 cm³/mol. The quantitative estimate of drug-likeness (QED) is 0.592. The highest BCUT2D eigenvalue weighted by atomic mass is 35.5. The highest BCUT2D eigenvalue weighted by molar-refractivity contribution is 6.44. The van der Waals surface area contributed by atoms with E-state index in [1.165, 1.54) is 31.2 Å². The Kier molecular flexibility index (Phi) is 6.04. The Labute approximate surface area is 152 Å². The van der Waals surface area contributed by atoms with Crippen molar-refractivity contribution in [2.75, 3.05) is 5.32 Å². The highest BCUT2D eigenvalue weighted by Gasteiger charge is 2.20. The summed E-state index contributed by atoms with van der Waals surface area (Å²) >= 11 is 17.6. The number of halogens is 4. The fourth-order valence-corrected chi connectivity index (χ4v) is 2.31. The third kappa shape index (κ3) is 4.60. The Hall–Kier alpha value is -1.82. The van der Waals surface area contributed by atoms with E-state index in [1.54, 1.807) is 0 Å². The van der Waals surface area contributed by atoms with Gasteiger partial charge < -0.3 is 10.1 Å². The standard InChI is InChI=1S/C16H11Cl3FNO3/c1-8(24-16(23)9-2-4-10(20)5-3-9)15(22)21-14-7-12(18)11(17)6-13(14)19/h2-8H,1H3,(H,21,22). The summed E-state index contributed by atoms with van der Waals surface area (Å²) in [5, 5.41) is 3.14. The molecule has 24 heavy (non-hydrogen) atoms. The number of anilines is 1. The molecule has 2 aromatic rings. The molecular formula is C16H11Cl3FNO3. The summed E-state index contributed by atoms with van der Waals surface area (Å²) in [6.45, 7) is 1.39. The van der Waals surface area contributed by atoms with Gasteiger partial charge in [0.05, 0.1) is 26.3 Å². The molecule has 0 aliphatic heterocycles. The van der Waals surface area contributed by atoms with E-state index in [1.807, 2.05) is 0 Å². The summed E-state index contributed by atoms with van der Waals surface area (Å²) in [6.07, 6.45) is -1.10. The average molecular weight is 391 g/mol. The monoisotopic (exact) mass is 389 g/mol. The van der Waals surface area contributed by atoms with Crippen LogP contribution in [0.5, 0.6) is 0 Å². The molecule has 0 radical (unpaired) electrons. The van der Waals surface area contributed by atoms with Crippen molar-refractivity contribution in [1.29, 1.82) is 0 Å². The van der Waals surface area contributed by atoms with Crippen LogP contribution in [0.25, 0.3) is 0 Å². The fraction of sp³-hybridized carbons (Fsp3) is 0.125. The molecule has 0 aliphatic rings. The van der Waals surface area contributed by atoms with Gasteiger partial charge in [-0.3, -0.25) is 4.79 Å². The Morgan fingerprint density at radius 3 is 2.25 bits per heavy atom. The van der Waals surface area contributed by atoms with Crippen molar-refractivity contribution in [3.8, 4) is 0 Å². The number of nitrogens with one attached hydrogen (secondary N) is 1. The molecule has 1 N–H and O–H groups in total. The lowest BCUT2D eigenvalue weighted by Crippen LogP contribution is -2.30. The lowest BCUT2D eigenvalue weighted by Gasteiger charge is -2.14. The zero-order chi connectivity index (χ0) is 17.9. The summed E-state index contributed by atoms with van der Waals surface area (Å²) in [6, 6.07) is 7.54. The number of carbonyl (C=O) groups excluding carboxylic acids is 2. The number of carbonyl (C=O) groups is 2. The molecule has 0 saturated carbocycles. The molecule has 0 heterocycles. The van der Waals surface area contributed by atoms with Gasteiger partial charge in [-0.25, -0.2) is 9.18 Å². The van der Waals surface area contributed by atoms with Gasteiger partial charge in [0.1, 0.15) is 5.82 Å². The van der Waals surface area contributed by atoms with Gasteiger partial charge in [0, 0.05) is 0 Å². The molecule has 0 fully saturated rings. The molecule has 0 bridgehead atoms. The molecular weight excluding hydrogens is 380 g/mol. The number of hydrogen-bond acceptors (Lipinski definition) is 3. The zero-order valence-corrected chi connectivity index (χ0v) is 14.5. The smallest absolute Gasteiger partial charge is 0.338 e. The minimum atomic E-state index is -1.10. The first-order valence-corrected chi connectivity index (χ1v) is 7.83. The van der Waals surface area contributed by atoms with Crippen LogP contribution in [-0.4, -0.2) is 18.0 Å². The normalized spacial score (nSPS) is 11.7. The first kappa shape index (κ1) is 18.5. The Bertz CT molecular complexity index is 781. The van der Waals surface area contributed by atoms with E-state index in [9.17, 15) is 14.0 Å². The number of benzene rings is 2. The van der Waals surface area contributed by atoms with Crippen LogP contribution in [0.15, 0.2) is 36.4 Å². The van der Waals surface area contributed by atoms with Crippen LogP contribution in [0, 0.1) is 5.82 Å². The molecule has 0 aromatic heterocycles. The van der Waals surface area contributed by atoms with E-state index in [4.69, 9.17) is 39.5 Å². The van der Waals surface area contributed by atoms with Gasteiger partial charge in [-0.05, 0) is 43.3 Å². The number of esters is 1. The minimum absolute atomic E-state index is 0.128. The molecule has 2 aromatic carbocycles. The van der Waals surface area contributed by atoms with Crippen molar-refractivity contribution in [1.82, 2.24) is 0 Å². The largest absolute Gasteiger partial charge is 0.449 e. The van der Waals surface area contributed by atoms with Crippen molar-refractivity contribution in [2.45, 2.75) is 13.0 Å². The number of ether oxygens (including phenoxy) is 1. The van der Waals surface area contributed by atoms with Crippen molar-refractivity contribution < 1.29 is 18.7 Å². The van der Waals surface area contributed by atoms with E-state index in [0.29, 0.717) is 0 Å². The summed E-state index contributed by atoms with van der Waals surface area (Å²) in [7, 11) is 0. The molecule has 0 saturated heterocycles. The van der Waals surface area contributed by atoms with Gasteiger partial charge in [0.15, 0.2) is 6.10 Å². The maximum absolute atomic E-state index is 12.8. The number of rotatable bonds is 4. The summed E-state index contributed by atoms with van der Waals surface area (Å²) in [5.41, 5.74) is 0.365. The number of hydrogen-bond donors (Lipinski definition) is 1. The number of amides is 1. The van der Waals surface area contributed by atoms with Gasteiger partial charge in [0.25, 0.3) is 5.91 Å². The SMILES string of the molecule is CC(OC(=O)c1ccc(F)cc1)C(=O)Nc1cc(Cl)c(Cl)cc1Cl. The molecule has 1 atom stereocenters. The Morgan fingerprint density at radius 1 is 1.04 bits per heavy atom. The summed E-state index contributed by atoms with van der Waals surface area (Å²) in [4.78, 5) is 24.0. The van der Waals surface area contributed by atoms with Gasteiger partial charge in [-0.2, -0.15) is 0 Å². The fourth-order valence-electron chi connectivity index (χ4n) is 1.72. The Balaban J connectivity index is 2.03. The van der Waals surface area contributed by atoms with Gasteiger partial charge in [-0.15, -0.1) is 0 Å². The topological polar surface area (TPSA) is 55.4 Å². The van der Waals surface area contributed by atoms with E-state index in [2.05, 4.69) is 5.32 Å². The summed E-state index contributed by atoms with van der Waals surface area (Å²) in [5.74, 6) is -1.84. The van der Waals surface area contributed by atoms with Crippen LogP contribution in [0.4, 0.5) is 10.1 Å². The third-order valence-electron chi connectivity index (χ3n) is 3.00. The van der Waals surface area contributed by atoms with E-state index >= 15 is 0 Å². The van der Waals surface area contributed by atoms with Gasteiger partial charge >= 0.3 is 5.97 Å². The van der Waals surface area contributed by atoms with Crippen molar-refractivity contribution in [2.24, 2.45) is 0 Å². The predicted octanol–water partition coefficient (Wildman–Crippen LogP) is 4.97. The van der Waals surface area contributed by atoms with Crippen molar-refractivity contribution in [3.63, 3.8) is 0 Å².